The quantitative estimate of drug-likeness (QED) is 0.615. The minimum absolute atomic E-state index is 0.748. The van der Waals surface area contributed by atoms with Crippen molar-refractivity contribution in [2.45, 2.75) is 0 Å². The second kappa shape index (κ2) is 5.14. The minimum Gasteiger partial charge on any atom is -0.444 e. The topological polar surface area (TPSA) is 9.23 Å². The molecule has 0 radical (unpaired) electrons. The first-order valence-corrected chi connectivity index (χ1v) is 9.71. The Morgan fingerprint density at radius 3 is 2.35 bits per heavy atom. The van der Waals surface area contributed by atoms with Crippen LogP contribution in [0.2, 0.25) is 5.02 Å². The molecule has 0 aromatic heterocycles. The summed E-state index contributed by atoms with van der Waals surface area (Å²) in [6, 6.07) is 16.1. The molecule has 0 N–H and O–H groups in total. The van der Waals surface area contributed by atoms with Gasteiger partial charge < -0.3 is 4.18 Å². The minimum atomic E-state index is -1.32. The molecule has 1 heterocycles. The molecule has 0 fully saturated rings. The van der Waals surface area contributed by atoms with Crippen LogP contribution in [0, 0.1) is 0 Å². The molecule has 0 saturated heterocycles. The standard InChI is InChI=1S/C16H14BrClOS/c1-20(2)16(17)15(11-7-9-12(18)10-8-11)13-5-3-4-6-14(13)19-20/h3-10H,1-2H3. The summed E-state index contributed by atoms with van der Waals surface area (Å²) < 4.78 is 7.29. The summed E-state index contributed by atoms with van der Waals surface area (Å²) in [5, 5.41) is 0.748. The fourth-order valence-electron chi connectivity index (χ4n) is 2.24. The molecule has 1 aliphatic rings. The molecule has 1 aliphatic heterocycles. The Morgan fingerprint density at radius 2 is 1.65 bits per heavy atom. The molecule has 0 saturated carbocycles. The highest BCUT2D eigenvalue weighted by Gasteiger charge is 2.30. The van der Waals surface area contributed by atoms with Crippen molar-refractivity contribution >= 4 is 43.4 Å². The van der Waals surface area contributed by atoms with Crippen LogP contribution >= 0.6 is 37.8 Å². The van der Waals surface area contributed by atoms with Gasteiger partial charge in [-0.1, -0.05) is 52.2 Å². The molecule has 4 heteroatoms. The van der Waals surface area contributed by atoms with Crippen LogP contribution in [0.4, 0.5) is 0 Å². The van der Waals surface area contributed by atoms with Crippen LogP contribution in [0.15, 0.2) is 52.3 Å². The second-order valence-electron chi connectivity index (χ2n) is 4.97. The van der Waals surface area contributed by atoms with Gasteiger partial charge in [-0.15, -0.1) is 0 Å². The first-order chi connectivity index (χ1) is 9.49. The van der Waals surface area contributed by atoms with E-state index in [4.69, 9.17) is 15.8 Å². The molecule has 0 amide bonds. The molecule has 0 unspecified atom stereocenters. The zero-order chi connectivity index (χ0) is 14.3. The van der Waals surface area contributed by atoms with E-state index in [1.54, 1.807) is 0 Å². The smallest absolute Gasteiger partial charge is 0.143 e. The van der Waals surface area contributed by atoms with Gasteiger partial charge in [-0.3, -0.25) is 0 Å². The van der Waals surface area contributed by atoms with Gasteiger partial charge in [-0.05, 0) is 39.7 Å². The van der Waals surface area contributed by atoms with Gasteiger partial charge in [0.25, 0.3) is 0 Å². The molecule has 0 atom stereocenters. The number of benzene rings is 2. The molecule has 0 bridgehead atoms. The molecular formula is C16H14BrClOS. The van der Waals surface area contributed by atoms with E-state index in [0.29, 0.717) is 0 Å². The zero-order valence-electron chi connectivity index (χ0n) is 11.2. The fourth-order valence-corrected chi connectivity index (χ4v) is 4.40. The van der Waals surface area contributed by atoms with Crippen molar-refractivity contribution in [1.82, 2.24) is 0 Å². The highest BCUT2D eigenvalue weighted by Crippen LogP contribution is 2.61. The molecule has 2 aromatic rings. The van der Waals surface area contributed by atoms with E-state index >= 15 is 0 Å². The van der Waals surface area contributed by atoms with Crippen molar-refractivity contribution in [3.05, 3.63) is 68.5 Å². The third kappa shape index (κ3) is 2.39. The van der Waals surface area contributed by atoms with Crippen LogP contribution < -0.4 is 4.18 Å². The average molecular weight is 370 g/mol. The molecular weight excluding hydrogens is 356 g/mol. The van der Waals surface area contributed by atoms with Gasteiger partial charge >= 0.3 is 0 Å². The van der Waals surface area contributed by atoms with E-state index in [2.05, 4.69) is 46.6 Å². The summed E-state index contributed by atoms with van der Waals surface area (Å²) in [6.07, 6.45) is 4.28. The molecule has 0 aliphatic carbocycles. The van der Waals surface area contributed by atoms with Crippen LogP contribution in [0.25, 0.3) is 5.57 Å². The Bertz CT molecular complexity index is 692. The summed E-state index contributed by atoms with van der Waals surface area (Å²) in [7, 11) is -1.32. The molecule has 20 heavy (non-hydrogen) atoms. The zero-order valence-corrected chi connectivity index (χ0v) is 14.3. The van der Waals surface area contributed by atoms with E-state index in [1.165, 1.54) is 5.57 Å². The fraction of sp³-hybridized carbons (Fsp3) is 0.125. The molecule has 104 valence electrons. The van der Waals surface area contributed by atoms with E-state index in [1.807, 2.05) is 30.3 Å². The average Bonchev–Trinajstić information content (AvgIpc) is 2.41. The Morgan fingerprint density at radius 1 is 1.00 bits per heavy atom. The third-order valence-corrected chi connectivity index (χ3v) is 7.87. The SMILES string of the molecule is CS1(C)Oc2ccccc2C(c2ccc(Cl)cc2)=C1Br. The van der Waals surface area contributed by atoms with Crippen molar-refractivity contribution in [3.63, 3.8) is 0 Å². The number of hydrogen-bond donors (Lipinski definition) is 0. The number of halogens is 2. The van der Waals surface area contributed by atoms with Crippen molar-refractivity contribution in [2.24, 2.45) is 0 Å². The Hall–Kier alpha value is -0.900. The van der Waals surface area contributed by atoms with Crippen molar-refractivity contribution in [1.29, 1.82) is 0 Å². The monoisotopic (exact) mass is 368 g/mol. The normalized spacial score (nSPS) is 18.2. The Kier molecular flexibility index (Phi) is 3.61. The van der Waals surface area contributed by atoms with Gasteiger partial charge in [0, 0.05) is 28.7 Å². The van der Waals surface area contributed by atoms with E-state index in [9.17, 15) is 0 Å². The predicted octanol–water partition coefficient (Wildman–Crippen LogP) is 5.82. The first kappa shape index (κ1) is 14.1. The lowest BCUT2D eigenvalue weighted by atomic mass is 9.99. The molecule has 0 spiro atoms. The highest BCUT2D eigenvalue weighted by molar-refractivity contribution is 9.14. The van der Waals surface area contributed by atoms with Gasteiger partial charge in [0.1, 0.15) is 5.75 Å². The highest BCUT2D eigenvalue weighted by atomic mass is 79.9. The lowest BCUT2D eigenvalue weighted by Gasteiger charge is -2.38. The third-order valence-electron chi connectivity index (χ3n) is 3.22. The van der Waals surface area contributed by atoms with Crippen LogP contribution in [0.3, 0.4) is 0 Å². The van der Waals surface area contributed by atoms with Gasteiger partial charge in [0.05, 0.1) is 3.81 Å². The van der Waals surface area contributed by atoms with Gasteiger partial charge in [0.2, 0.25) is 0 Å². The maximum Gasteiger partial charge on any atom is 0.143 e. The van der Waals surface area contributed by atoms with Crippen LogP contribution in [0.1, 0.15) is 11.1 Å². The number of rotatable bonds is 1. The van der Waals surface area contributed by atoms with Crippen molar-refractivity contribution in [3.8, 4) is 5.75 Å². The van der Waals surface area contributed by atoms with E-state index in [0.717, 1.165) is 25.7 Å². The van der Waals surface area contributed by atoms with E-state index in [-0.39, 0.29) is 0 Å². The lowest BCUT2D eigenvalue weighted by molar-refractivity contribution is 0.625. The molecule has 2 aromatic carbocycles. The van der Waals surface area contributed by atoms with E-state index < -0.39 is 10.3 Å². The van der Waals surface area contributed by atoms with Gasteiger partial charge in [0.15, 0.2) is 0 Å². The summed E-state index contributed by atoms with van der Waals surface area (Å²) in [6.45, 7) is 0. The molecule has 1 nitrogen and oxygen atoms in total. The van der Waals surface area contributed by atoms with Crippen LogP contribution in [-0.2, 0) is 0 Å². The number of fused-ring (bicyclic) bond motifs is 1. The Balaban J connectivity index is 2.26. The first-order valence-electron chi connectivity index (χ1n) is 6.17. The van der Waals surface area contributed by atoms with Gasteiger partial charge in [-0.2, -0.15) is 0 Å². The molecule has 3 rings (SSSR count). The summed E-state index contributed by atoms with van der Waals surface area (Å²) in [5.74, 6) is 0.945. The Labute approximate surface area is 134 Å². The van der Waals surface area contributed by atoms with Crippen molar-refractivity contribution in [2.75, 3.05) is 12.5 Å². The lowest BCUT2D eigenvalue weighted by Crippen LogP contribution is -2.12. The van der Waals surface area contributed by atoms with Gasteiger partial charge in [-0.25, -0.2) is 0 Å². The second-order valence-corrected chi connectivity index (χ2v) is 9.76. The maximum absolute atomic E-state index is 6.16. The predicted molar refractivity (Wildman–Crippen MR) is 92.9 cm³/mol. The number of hydrogen-bond acceptors (Lipinski definition) is 1. The number of para-hydroxylation sites is 1. The largest absolute Gasteiger partial charge is 0.444 e. The summed E-state index contributed by atoms with van der Waals surface area (Å²) in [4.78, 5) is 0. The van der Waals surface area contributed by atoms with Crippen LogP contribution in [0.5, 0.6) is 5.75 Å². The van der Waals surface area contributed by atoms with Crippen LogP contribution in [-0.4, -0.2) is 12.5 Å². The maximum atomic E-state index is 6.16. The summed E-state index contributed by atoms with van der Waals surface area (Å²) >= 11 is 9.76. The summed E-state index contributed by atoms with van der Waals surface area (Å²) in [5.41, 5.74) is 3.47. The van der Waals surface area contributed by atoms with Crippen molar-refractivity contribution < 1.29 is 4.18 Å².